The Morgan fingerprint density at radius 2 is 1.79 bits per heavy atom. The second-order valence-corrected chi connectivity index (χ2v) is 8.00. The van der Waals surface area contributed by atoms with E-state index in [9.17, 15) is 4.79 Å². The average Bonchev–Trinajstić information content (AvgIpc) is 2.97. The van der Waals surface area contributed by atoms with Crippen molar-refractivity contribution in [2.45, 2.75) is 26.8 Å². The molecule has 144 valence electrons. The van der Waals surface area contributed by atoms with Gasteiger partial charge in [-0.1, -0.05) is 23.8 Å². The molecule has 2 aromatic rings. The molecule has 28 heavy (non-hydrogen) atoms. The molecule has 0 radical (unpaired) electrons. The quantitative estimate of drug-likeness (QED) is 0.711. The van der Waals surface area contributed by atoms with Gasteiger partial charge in [-0.2, -0.15) is 0 Å². The molecule has 1 amide bonds. The molecule has 2 heterocycles. The first kappa shape index (κ1) is 18.6. The number of hydrogen-bond donors (Lipinski definition) is 0. The zero-order valence-corrected chi connectivity index (χ0v) is 17.0. The fourth-order valence-electron chi connectivity index (χ4n) is 3.00. The number of fused-ring (bicyclic) bond motifs is 1. The highest BCUT2D eigenvalue weighted by molar-refractivity contribution is 8.19. The maximum atomic E-state index is 13.2. The minimum Gasteiger partial charge on any atom is -0.486 e. The first-order chi connectivity index (χ1) is 13.5. The summed E-state index contributed by atoms with van der Waals surface area (Å²) in [6.45, 7) is 7.14. The third-order valence-electron chi connectivity index (χ3n) is 4.33. The molecule has 1 saturated heterocycles. The number of nitrogens with zero attached hydrogens (tertiary/aromatic N) is 2. The van der Waals surface area contributed by atoms with Crippen LogP contribution in [0, 0.1) is 6.92 Å². The number of benzene rings is 2. The maximum absolute atomic E-state index is 13.2. The van der Waals surface area contributed by atoms with E-state index in [1.807, 2.05) is 69.3 Å². The van der Waals surface area contributed by atoms with Crippen molar-refractivity contribution in [1.29, 1.82) is 0 Å². The molecule has 0 atom stereocenters. The minimum atomic E-state index is -0.0665. The molecule has 1 fully saturated rings. The van der Waals surface area contributed by atoms with Gasteiger partial charge < -0.3 is 9.47 Å². The third-order valence-corrected chi connectivity index (χ3v) is 5.31. The number of anilines is 1. The number of carbonyl (C=O) groups is 1. The predicted molar refractivity (Wildman–Crippen MR) is 114 cm³/mol. The number of amides is 1. The molecule has 2 aromatic carbocycles. The van der Waals surface area contributed by atoms with Crippen LogP contribution in [0.15, 0.2) is 52.4 Å². The number of ether oxygens (including phenoxy) is 2. The van der Waals surface area contributed by atoms with Crippen LogP contribution in [-0.4, -0.2) is 30.3 Å². The number of amidine groups is 1. The lowest BCUT2D eigenvalue weighted by atomic mass is 10.1. The Morgan fingerprint density at radius 1 is 1.07 bits per heavy atom. The standard InChI is InChI=1S/C22H22N2O3S/c1-14(2)23-22-24(17-7-4-15(3)5-8-17)21(25)20(28-22)13-16-6-9-18-19(12-16)27-11-10-26-18/h4-9,12-14H,10-11H2,1-3H3/b20-13-,23-22?. The van der Waals surface area contributed by atoms with Crippen LogP contribution in [0.5, 0.6) is 11.5 Å². The number of hydrogen-bond acceptors (Lipinski definition) is 5. The molecule has 0 unspecified atom stereocenters. The van der Waals surface area contributed by atoms with Gasteiger partial charge in [-0.05, 0) is 68.4 Å². The number of carbonyl (C=O) groups excluding carboxylic acids is 1. The Morgan fingerprint density at radius 3 is 2.50 bits per heavy atom. The van der Waals surface area contributed by atoms with Gasteiger partial charge in [-0.3, -0.25) is 14.7 Å². The van der Waals surface area contributed by atoms with E-state index < -0.39 is 0 Å². The maximum Gasteiger partial charge on any atom is 0.271 e. The Hall–Kier alpha value is -2.73. The summed E-state index contributed by atoms with van der Waals surface area (Å²) in [5.74, 6) is 1.38. The molecule has 0 aliphatic carbocycles. The van der Waals surface area contributed by atoms with E-state index in [2.05, 4.69) is 4.99 Å². The molecule has 0 saturated carbocycles. The number of thioether (sulfide) groups is 1. The van der Waals surface area contributed by atoms with Gasteiger partial charge in [0.2, 0.25) is 0 Å². The van der Waals surface area contributed by atoms with Gasteiger partial charge in [0.25, 0.3) is 5.91 Å². The smallest absolute Gasteiger partial charge is 0.271 e. The van der Waals surface area contributed by atoms with Crippen LogP contribution < -0.4 is 14.4 Å². The lowest BCUT2D eigenvalue weighted by Gasteiger charge is -2.18. The number of aryl methyl sites for hydroxylation is 1. The van der Waals surface area contributed by atoms with E-state index in [-0.39, 0.29) is 11.9 Å². The van der Waals surface area contributed by atoms with Gasteiger partial charge in [-0.15, -0.1) is 0 Å². The fourth-order valence-corrected chi connectivity index (χ4v) is 4.12. The molecule has 0 N–H and O–H groups in total. The highest BCUT2D eigenvalue weighted by Gasteiger charge is 2.34. The van der Waals surface area contributed by atoms with Crippen molar-refractivity contribution in [2.75, 3.05) is 18.1 Å². The highest BCUT2D eigenvalue weighted by Crippen LogP contribution is 2.38. The van der Waals surface area contributed by atoms with E-state index in [4.69, 9.17) is 9.47 Å². The largest absolute Gasteiger partial charge is 0.486 e. The minimum absolute atomic E-state index is 0.0665. The van der Waals surface area contributed by atoms with Crippen molar-refractivity contribution in [3.63, 3.8) is 0 Å². The van der Waals surface area contributed by atoms with Gasteiger partial charge in [0.15, 0.2) is 16.7 Å². The third kappa shape index (κ3) is 3.78. The van der Waals surface area contributed by atoms with Crippen LogP contribution in [0.25, 0.3) is 6.08 Å². The van der Waals surface area contributed by atoms with E-state index in [0.29, 0.717) is 29.0 Å². The summed E-state index contributed by atoms with van der Waals surface area (Å²) in [7, 11) is 0. The van der Waals surface area contributed by atoms with Crippen LogP contribution in [0.2, 0.25) is 0 Å². The van der Waals surface area contributed by atoms with Crippen molar-refractivity contribution in [3.05, 3.63) is 58.5 Å². The summed E-state index contributed by atoms with van der Waals surface area (Å²) in [6, 6.07) is 13.7. The summed E-state index contributed by atoms with van der Waals surface area (Å²) in [5.41, 5.74) is 2.88. The highest BCUT2D eigenvalue weighted by atomic mass is 32.2. The molecular weight excluding hydrogens is 372 g/mol. The molecule has 2 aliphatic rings. The van der Waals surface area contributed by atoms with Gasteiger partial charge in [0.1, 0.15) is 13.2 Å². The van der Waals surface area contributed by atoms with E-state index in [0.717, 1.165) is 22.6 Å². The predicted octanol–water partition coefficient (Wildman–Crippen LogP) is 4.65. The van der Waals surface area contributed by atoms with E-state index in [1.165, 1.54) is 11.8 Å². The van der Waals surface area contributed by atoms with E-state index >= 15 is 0 Å². The average molecular weight is 394 g/mol. The normalized spacial score (nSPS) is 19.1. The second-order valence-electron chi connectivity index (χ2n) is 7.00. The molecule has 5 nitrogen and oxygen atoms in total. The van der Waals surface area contributed by atoms with Crippen molar-refractivity contribution in [3.8, 4) is 11.5 Å². The fraction of sp³-hybridized carbons (Fsp3) is 0.273. The molecule has 0 bridgehead atoms. The first-order valence-electron chi connectivity index (χ1n) is 9.29. The number of rotatable bonds is 3. The summed E-state index contributed by atoms with van der Waals surface area (Å²) < 4.78 is 11.2. The number of aliphatic imine (C=N–C) groups is 1. The first-order valence-corrected chi connectivity index (χ1v) is 10.1. The van der Waals surface area contributed by atoms with Gasteiger partial charge >= 0.3 is 0 Å². The molecular formula is C22H22N2O3S. The van der Waals surface area contributed by atoms with Crippen LogP contribution in [0.3, 0.4) is 0 Å². The van der Waals surface area contributed by atoms with Crippen molar-refractivity contribution < 1.29 is 14.3 Å². The van der Waals surface area contributed by atoms with Crippen LogP contribution in [-0.2, 0) is 4.79 Å². The van der Waals surface area contributed by atoms with Crippen molar-refractivity contribution in [2.24, 2.45) is 4.99 Å². The lowest BCUT2D eigenvalue weighted by molar-refractivity contribution is -0.113. The molecule has 6 heteroatoms. The molecule has 0 spiro atoms. The van der Waals surface area contributed by atoms with Crippen LogP contribution in [0.4, 0.5) is 5.69 Å². The topological polar surface area (TPSA) is 51.1 Å². The Labute approximate surface area is 169 Å². The SMILES string of the molecule is Cc1ccc(N2C(=O)/C(=C/c3ccc4c(c3)OCCO4)SC2=NC(C)C)cc1. The van der Waals surface area contributed by atoms with Crippen LogP contribution in [0.1, 0.15) is 25.0 Å². The van der Waals surface area contributed by atoms with E-state index in [1.54, 1.807) is 4.90 Å². The van der Waals surface area contributed by atoms with Gasteiger partial charge in [0, 0.05) is 6.04 Å². The zero-order valence-electron chi connectivity index (χ0n) is 16.1. The summed E-state index contributed by atoms with van der Waals surface area (Å²) in [5, 5.41) is 0.702. The van der Waals surface area contributed by atoms with Gasteiger partial charge in [0.05, 0.1) is 10.6 Å². The molecule has 2 aliphatic heterocycles. The summed E-state index contributed by atoms with van der Waals surface area (Å²) in [4.78, 5) is 20.2. The Balaban J connectivity index is 1.69. The summed E-state index contributed by atoms with van der Waals surface area (Å²) in [6.07, 6.45) is 1.88. The van der Waals surface area contributed by atoms with Gasteiger partial charge in [-0.25, -0.2) is 0 Å². The van der Waals surface area contributed by atoms with Crippen molar-refractivity contribution in [1.82, 2.24) is 0 Å². The molecule has 0 aromatic heterocycles. The Kier molecular flexibility index (Phi) is 5.13. The van der Waals surface area contributed by atoms with Crippen molar-refractivity contribution >= 4 is 34.6 Å². The molecule has 4 rings (SSSR count). The summed E-state index contributed by atoms with van der Waals surface area (Å²) >= 11 is 1.40. The monoisotopic (exact) mass is 394 g/mol. The second kappa shape index (κ2) is 7.72. The lowest BCUT2D eigenvalue weighted by Crippen LogP contribution is -2.29. The zero-order chi connectivity index (χ0) is 19.7. The van der Waals surface area contributed by atoms with Crippen LogP contribution >= 0.6 is 11.8 Å². The Bertz CT molecular complexity index is 964.